The molecule has 10 rings (SSSR count). The molecular weight excluding hydrogens is 731 g/mol. The Morgan fingerprint density at radius 3 is 2.47 bits per heavy atom. The van der Waals surface area contributed by atoms with Gasteiger partial charge in [0.2, 0.25) is 0 Å². The largest absolute Gasteiger partial charge is 0.486 e. The third-order valence-electron chi connectivity index (χ3n) is 11.6. The Hall–Kier alpha value is -6.37. The van der Waals surface area contributed by atoms with E-state index in [9.17, 15) is 0 Å². The molecule has 0 fully saturated rings. The summed E-state index contributed by atoms with van der Waals surface area (Å²) in [5.41, 5.74) is 8.57. The Morgan fingerprint density at radius 1 is 0.828 bits per heavy atom. The zero-order valence-electron chi connectivity index (χ0n) is 32.8. The lowest BCUT2D eigenvalue weighted by atomic mass is 9.81. The Balaban J connectivity index is 1.15. The normalized spacial score (nSPS) is 20.3. The Bertz CT molecular complexity index is 2870. The highest BCUT2D eigenvalue weighted by atomic mass is 32.1. The molecule has 58 heavy (non-hydrogen) atoms. The fourth-order valence-electron chi connectivity index (χ4n) is 8.62. The molecule has 4 unspecified atom stereocenters. The summed E-state index contributed by atoms with van der Waals surface area (Å²) >= 11 is 1.93. The maximum atomic E-state index is 6.75. The van der Waals surface area contributed by atoms with Crippen LogP contribution in [0.5, 0.6) is 5.75 Å². The summed E-state index contributed by atoms with van der Waals surface area (Å²) < 4.78 is 14.6. The van der Waals surface area contributed by atoms with Crippen molar-refractivity contribution in [2.24, 2.45) is 11.8 Å². The van der Waals surface area contributed by atoms with Crippen molar-refractivity contribution in [2.75, 3.05) is 0 Å². The van der Waals surface area contributed by atoms with Crippen molar-refractivity contribution in [1.82, 2.24) is 15.0 Å². The molecule has 0 amide bonds. The van der Waals surface area contributed by atoms with Crippen LogP contribution < -0.4 is 4.74 Å². The van der Waals surface area contributed by atoms with Gasteiger partial charge in [-0.2, -0.15) is 0 Å². The summed E-state index contributed by atoms with van der Waals surface area (Å²) in [6.07, 6.45) is 21.3. The Morgan fingerprint density at radius 2 is 1.62 bits per heavy atom. The van der Waals surface area contributed by atoms with Crippen LogP contribution in [0, 0.1) is 11.8 Å². The minimum absolute atomic E-state index is 0.0289. The summed E-state index contributed by atoms with van der Waals surface area (Å²) in [5.74, 6) is 4.21. The van der Waals surface area contributed by atoms with E-state index in [1.165, 1.54) is 26.1 Å². The average molecular weight is 774 g/mol. The van der Waals surface area contributed by atoms with Gasteiger partial charge in [0.1, 0.15) is 23.2 Å². The molecule has 4 aromatic carbocycles. The fourth-order valence-corrected chi connectivity index (χ4v) is 9.98. The second-order valence-electron chi connectivity index (χ2n) is 15.5. The first-order valence-electron chi connectivity index (χ1n) is 20.2. The van der Waals surface area contributed by atoms with Gasteiger partial charge in [-0.05, 0) is 66.3 Å². The van der Waals surface area contributed by atoms with E-state index in [0.29, 0.717) is 23.4 Å². The van der Waals surface area contributed by atoms with Crippen molar-refractivity contribution in [1.29, 1.82) is 0 Å². The quantitative estimate of drug-likeness (QED) is 0.144. The van der Waals surface area contributed by atoms with E-state index < -0.39 is 0 Å². The number of furan rings is 1. The molecule has 3 heterocycles. The van der Waals surface area contributed by atoms with Gasteiger partial charge in [-0.25, -0.2) is 15.0 Å². The average Bonchev–Trinajstić information content (AvgIpc) is 3.83. The highest BCUT2D eigenvalue weighted by Gasteiger charge is 2.33. The second kappa shape index (κ2) is 15.2. The summed E-state index contributed by atoms with van der Waals surface area (Å²) in [4.78, 5) is 17.5. The number of benzene rings is 4. The number of aromatic nitrogens is 3. The number of fused-ring (bicyclic) bond motifs is 6. The van der Waals surface area contributed by atoms with Crippen LogP contribution >= 0.6 is 11.3 Å². The first-order chi connectivity index (χ1) is 28.5. The number of nitrogens with zero attached hydrogens (tertiary/aromatic N) is 3. The highest BCUT2D eigenvalue weighted by Crippen LogP contribution is 2.47. The maximum Gasteiger partial charge on any atom is 0.164 e. The van der Waals surface area contributed by atoms with Crippen LogP contribution in [0.1, 0.15) is 77.1 Å². The molecule has 0 saturated carbocycles. The summed E-state index contributed by atoms with van der Waals surface area (Å²) in [6, 6.07) is 35.4. The first-order valence-corrected chi connectivity index (χ1v) is 21.0. The van der Waals surface area contributed by atoms with Crippen LogP contribution in [-0.2, 0) is 12.8 Å². The first kappa shape index (κ1) is 36.0. The van der Waals surface area contributed by atoms with Gasteiger partial charge >= 0.3 is 0 Å². The van der Waals surface area contributed by atoms with Crippen LogP contribution in [0.15, 0.2) is 150 Å². The molecule has 0 saturated heterocycles. The molecule has 4 atom stereocenters. The Labute approximate surface area is 343 Å². The highest BCUT2D eigenvalue weighted by molar-refractivity contribution is 7.19. The number of allylic oxidation sites excluding steroid dienone is 7. The summed E-state index contributed by atoms with van der Waals surface area (Å²) in [7, 11) is 0. The molecule has 7 aromatic rings. The van der Waals surface area contributed by atoms with E-state index >= 15 is 0 Å². The molecule has 3 aliphatic rings. The van der Waals surface area contributed by atoms with Gasteiger partial charge in [-0.1, -0.05) is 141 Å². The molecule has 5 nitrogen and oxygen atoms in total. The SMILES string of the molecule is C/C=C(\C=C/c1ccccc1)c1nc(C2=CC(c3cccc4sc5c(c34)C=CC(C)C5)Cc3oc4ccccc4c32)nc(C2=CC=CC(Oc3ccccc3)C2C)n1. The molecule has 0 aliphatic heterocycles. The van der Waals surface area contributed by atoms with E-state index in [-0.39, 0.29) is 17.9 Å². The van der Waals surface area contributed by atoms with Crippen molar-refractivity contribution >= 4 is 61.3 Å². The van der Waals surface area contributed by atoms with Crippen molar-refractivity contribution in [2.45, 2.75) is 45.6 Å². The van der Waals surface area contributed by atoms with Crippen LogP contribution in [0.4, 0.5) is 0 Å². The second-order valence-corrected chi connectivity index (χ2v) is 16.6. The number of rotatable bonds is 8. The van der Waals surface area contributed by atoms with Gasteiger partial charge in [0.15, 0.2) is 17.5 Å². The molecule has 0 radical (unpaired) electrons. The predicted octanol–water partition coefficient (Wildman–Crippen LogP) is 13.0. The molecule has 6 heteroatoms. The molecule has 0 spiro atoms. The lowest BCUT2D eigenvalue weighted by molar-refractivity contribution is 0.213. The predicted molar refractivity (Wildman–Crippen MR) is 240 cm³/mol. The smallest absolute Gasteiger partial charge is 0.164 e. The van der Waals surface area contributed by atoms with Crippen LogP contribution in [0.25, 0.3) is 49.9 Å². The van der Waals surface area contributed by atoms with E-state index in [1.54, 1.807) is 0 Å². The van der Waals surface area contributed by atoms with Crippen molar-refractivity contribution in [3.8, 4) is 5.75 Å². The topological polar surface area (TPSA) is 61.0 Å². The number of hydrogen-bond donors (Lipinski definition) is 0. The molecule has 3 aliphatic carbocycles. The summed E-state index contributed by atoms with van der Waals surface area (Å²) in [5, 5.41) is 2.41. The van der Waals surface area contributed by atoms with E-state index in [4.69, 9.17) is 24.1 Å². The van der Waals surface area contributed by atoms with Gasteiger partial charge in [-0.15, -0.1) is 11.3 Å². The van der Waals surface area contributed by atoms with Gasteiger partial charge in [0.05, 0.1) is 0 Å². The van der Waals surface area contributed by atoms with E-state index in [0.717, 1.165) is 63.2 Å². The van der Waals surface area contributed by atoms with E-state index in [1.807, 2.05) is 60.7 Å². The van der Waals surface area contributed by atoms with Gasteiger partial charge in [0, 0.05) is 60.9 Å². The number of thiophene rings is 1. The number of hydrogen-bond acceptors (Lipinski definition) is 6. The maximum absolute atomic E-state index is 6.75. The number of ether oxygens (including phenoxy) is 1. The van der Waals surface area contributed by atoms with Gasteiger partial charge in [0.25, 0.3) is 0 Å². The van der Waals surface area contributed by atoms with Crippen molar-refractivity contribution in [3.63, 3.8) is 0 Å². The Kier molecular flexibility index (Phi) is 9.42. The monoisotopic (exact) mass is 773 g/mol. The van der Waals surface area contributed by atoms with Crippen molar-refractivity contribution < 1.29 is 9.15 Å². The minimum Gasteiger partial charge on any atom is -0.486 e. The zero-order chi connectivity index (χ0) is 39.2. The molecule has 0 N–H and O–H groups in total. The van der Waals surface area contributed by atoms with Crippen LogP contribution in [0.3, 0.4) is 0 Å². The third kappa shape index (κ3) is 6.67. The van der Waals surface area contributed by atoms with Gasteiger partial charge in [-0.3, -0.25) is 0 Å². The van der Waals surface area contributed by atoms with Crippen LogP contribution in [-0.4, -0.2) is 21.1 Å². The minimum atomic E-state index is -0.193. The molecule has 284 valence electrons. The standard InChI is InChI=1S/C52H43N3O2S/c1-4-35(27-26-34-15-7-5-8-16-34)50-53-51(38-20-13-23-43(33(38)3)56-37-17-9-6-10-18-37)55-52(54-50)42-30-36(31-45-48(42)40-19-11-12-22-44(40)57-45)39-21-14-24-46-49(39)41-28-25-32(2)29-47(41)58-46/h4-28,30,32-33,36,43H,29,31H2,1-3H3/b27-26-,35-4+. The molecule has 0 bridgehead atoms. The lowest BCUT2D eigenvalue weighted by Crippen LogP contribution is -2.26. The number of para-hydroxylation sites is 2. The zero-order valence-corrected chi connectivity index (χ0v) is 33.6. The third-order valence-corrected chi connectivity index (χ3v) is 12.8. The molecule has 3 aromatic heterocycles. The van der Waals surface area contributed by atoms with E-state index in [2.05, 4.69) is 129 Å². The van der Waals surface area contributed by atoms with Crippen LogP contribution in [0.2, 0.25) is 0 Å². The summed E-state index contributed by atoms with van der Waals surface area (Å²) in [6.45, 7) is 6.53. The van der Waals surface area contributed by atoms with Gasteiger partial charge < -0.3 is 9.15 Å². The fraction of sp³-hybridized carbons (Fsp3) is 0.173. The molecular formula is C52H43N3O2S. The lowest BCUT2D eigenvalue weighted by Gasteiger charge is -2.27. The van der Waals surface area contributed by atoms with Crippen molar-refractivity contribution in [3.05, 3.63) is 196 Å².